The maximum atomic E-state index is 11.6. The molecule has 2 fully saturated rings. The molecule has 3 rings (SSSR count). The van der Waals surface area contributed by atoms with Crippen LogP contribution in [-0.2, 0) is 9.59 Å². The van der Waals surface area contributed by atoms with Gasteiger partial charge in [0, 0.05) is 45.1 Å². The van der Waals surface area contributed by atoms with Gasteiger partial charge < -0.3 is 15.0 Å². The van der Waals surface area contributed by atoms with E-state index in [4.69, 9.17) is 4.74 Å². The number of carbonyl (C=O) groups excluding carboxylic acids is 2. The lowest BCUT2D eigenvalue weighted by Gasteiger charge is -2.29. The second-order valence-electron chi connectivity index (χ2n) is 5.15. The Morgan fingerprint density at radius 1 is 1.24 bits per heavy atom. The number of amides is 2. The number of nitrogens with one attached hydrogen (secondary N) is 2. The summed E-state index contributed by atoms with van der Waals surface area (Å²) < 4.78 is 5.55. The Balaban J connectivity index is 1.61. The Bertz CT molecular complexity index is 526. The van der Waals surface area contributed by atoms with Crippen molar-refractivity contribution in [2.45, 2.75) is 18.9 Å². The highest BCUT2D eigenvalue weighted by Crippen LogP contribution is 2.19. The number of rotatable bonds is 3. The molecule has 1 aromatic heterocycles. The van der Waals surface area contributed by atoms with Crippen LogP contribution in [0.4, 0.5) is 5.69 Å². The Kier molecular flexibility index (Phi) is 4.01. The van der Waals surface area contributed by atoms with Crippen LogP contribution in [0.1, 0.15) is 12.8 Å². The monoisotopic (exact) mass is 290 g/mol. The van der Waals surface area contributed by atoms with Crippen LogP contribution >= 0.6 is 0 Å². The number of nitrogens with zero attached hydrogens (tertiary/aromatic N) is 2. The van der Waals surface area contributed by atoms with E-state index in [1.165, 1.54) is 0 Å². The van der Waals surface area contributed by atoms with Gasteiger partial charge in [0.25, 0.3) is 5.91 Å². The summed E-state index contributed by atoms with van der Waals surface area (Å²) in [5, 5.41) is 5.57. The van der Waals surface area contributed by atoms with Crippen LogP contribution < -0.4 is 20.3 Å². The van der Waals surface area contributed by atoms with Gasteiger partial charge in [0.15, 0.2) is 6.10 Å². The van der Waals surface area contributed by atoms with Crippen LogP contribution in [0.15, 0.2) is 18.3 Å². The van der Waals surface area contributed by atoms with Gasteiger partial charge in [-0.3, -0.25) is 14.9 Å². The average Bonchev–Trinajstić information content (AvgIpc) is 2.52. The second kappa shape index (κ2) is 6.09. The first-order valence-corrected chi connectivity index (χ1v) is 7.14. The molecule has 0 radical (unpaired) electrons. The van der Waals surface area contributed by atoms with Crippen LogP contribution in [0, 0.1) is 0 Å². The molecule has 2 N–H and O–H groups in total. The molecule has 0 saturated carbocycles. The molecular formula is C14H18N4O3. The van der Waals surface area contributed by atoms with Crippen molar-refractivity contribution in [1.29, 1.82) is 0 Å². The van der Waals surface area contributed by atoms with Crippen molar-refractivity contribution in [3.8, 4) is 5.88 Å². The molecule has 2 aliphatic heterocycles. The molecular weight excluding hydrogens is 272 g/mol. The van der Waals surface area contributed by atoms with Crippen LogP contribution in [0.5, 0.6) is 5.88 Å². The summed E-state index contributed by atoms with van der Waals surface area (Å²) in [5.41, 5.74) is 1.05. The third kappa shape index (κ3) is 3.30. The Labute approximate surface area is 122 Å². The zero-order valence-corrected chi connectivity index (χ0v) is 11.7. The molecule has 112 valence electrons. The summed E-state index contributed by atoms with van der Waals surface area (Å²) in [7, 11) is 0. The molecule has 2 aliphatic rings. The number of imide groups is 1. The number of hydrogen-bond donors (Lipinski definition) is 2. The molecule has 0 spiro atoms. The predicted octanol–water partition coefficient (Wildman–Crippen LogP) is -0.325. The van der Waals surface area contributed by atoms with Crippen molar-refractivity contribution in [3.63, 3.8) is 0 Å². The Morgan fingerprint density at radius 3 is 2.71 bits per heavy atom. The molecule has 1 aromatic rings. The van der Waals surface area contributed by atoms with Crippen molar-refractivity contribution in [1.82, 2.24) is 15.6 Å². The zero-order chi connectivity index (χ0) is 14.7. The van der Waals surface area contributed by atoms with Gasteiger partial charge in [0.2, 0.25) is 11.8 Å². The second-order valence-corrected chi connectivity index (χ2v) is 5.15. The van der Waals surface area contributed by atoms with Crippen LogP contribution in [0.2, 0.25) is 0 Å². The highest BCUT2D eigenvalue weighted by molar-refractivity contribution is 5.99. The number of carbonyl (C=O) groups is 2. The highest BCUT2D eigenvalue weighted by atomic mass is 16.5. The molecule has 2 saturated heterocycles. The van der Waals surface area contributed by atoms with E-state index in [1.54, 1.807) is 12.3 Å². The van der Waals surface area contributed by atoms with E-state index in [0.29, 0.717) is 18.7 Å². The fraction of sp³-hybridized carbons (Fsp3) is 0.500. The average molecular weight is 290 g/mol. The summed E-state index contributed by atoms with van der Waals surface area (Å²) >= 11 is 0. The SMILES string of the molecule is O=C1CCC(Oc2ccc(N3CCNCC3)cn2)C(=O)N1. The number of ether oxygens (including phenoxy) is 1. The van der Waals surface area contributed by atoms with E-state index in [0.717, 1.165) is 31.9 Å². The standard InChI is InChI=1S/C14H18N4O3/c19-12-3-2-11(14(20)17-12)21-13-4-1-10(9-16-13)18-7-5-15-6-8-18/h1,4,9,11,15H,2-3,5-8H2,(H,17,19,20). The molecule has 0 bridgehead atoms. The minimum atomic E-state index is -0.639. The fourth-order valence-electron chi connectivity index (χ4n) is 2.48. The number of anilines is 1. The van der Waals surface area contributed by atoms with Crippen LogP contribution in [-0.4, -0.2) is 49.1 Å². The molecule has 7 nitrogen and oxygen atoms in total. The number of pyridine rings is 1. The normalized spacial score (nSPS) is 22.9. The van der Waals surface area contributed by atoms with Gasteiger partial charge in [-0.2, -0.15) is 0 Å². The molecule has 0 aromatic carbocycles. The van der Waals surface area contributed by atoms with E-state index >= 15 is 0 Å². The van der Waals surface area contributed by atoms with Crippen molar-refractivity contribution < 1.29 is 14.3 Å². The molecule has 7 heteroatoms. The molecule has 21 heavy (non-hydrogen) atoms. The number of hydrogen-bond acceptors (Lipinski definition) is 6. The predicted molar refractivity (Wildman–Crippen MR) is 76.1 cm³/mol. The van der Waals surface area contributed by atoms with Crippen molar-refractivity contribution in [2.75, 3.05) is 31.1 Å². The first-order chi connectivity index (χ1) is 10.2. The lowest BCUT2D eigenvalue weighted by atomic mass is 10.1. The summed E-state index contributed by atoms with van der Waals surface area (Å²) in [6, 6.07) is 3.71. The third-order valence-corrected chi connectivity index (χ3v) is 3.65. The lowest BCUT2D eigenvalue weighted by molar-refractivity contribution is -0.139. The Morgan fingerprint density at radius 2 is 2.05 bits per heavy atom. The van der Waals surface area contributed by atoms with E-state index in [1.807, 2.05) is 6.07 Å². The largest absolute Gasteiger partial charge is 0.464 e. The molecule has 2 amide bonds. The lowest BCUT2D eigenvalue weighted by Crippen LogP contribution is -2.46. The highest BCUT2D eigenvalue weighted by Gasteiger charge is 2.28. The van der Waals surface area contributed by atoms with Crippen LogP contribution in [0.25, 0.3) is 0 Å². The van der Waals surface area contributed by atoms with E-state index in [-0.39, 0.29) is 11.8 Å². The topological polar surface area (TPSA) is 83.6 Å². The molecule has 0 aliphatic carbocycles. The summed E-state index contributed by atoms with van der Waals surface area (Å²) in [5.74, 6) is -0.232. The first kappa shape index (κ1) is 13.8. The minimum absolute atomic E-state index is 0.248. The van der Waals surface area contributed by atoms with E-state index in [2.05, 4.69) is 20.5 Å². The summed E-state index contributed by atoms with van der Waals surface area (Å²) in [4.78, 5) is 29.2. The molecule has 1 atom stereocenters. The molecule has 1 unspecified atom stereocenters. The smallest absolute Gasteiger partial charge is 0.267 e. The quantitative estimate of drug-likeness (QED) is 0.742. The van der Waals surface area contributed by atoms with Gasteiger partial charge in [-0.25, -0.2) is 4.98 Å². The van der Waals surface area contributed by atoms with Gasteiger partial charge in [0.1, 0.15) is 0 Å². The fourth-order valence-corrected chi connectivity index (χ4v) is 2.48. The van der Waals surface area contributed by atoms with Crippen molar-refractivity contribution >= 4 is 17.5 Å². The summed E-state index contributed by atoms with van der Waals surface area (Å²) in [6.45, 7) is 3.84. The first-order valence-electron chi connectivity index (χ1n) is 7.14. The molecule has 3 heterocycles. The van der Waals surface area contributed by atoms with Gasteiger partial charge in [0.05, 0.1) is 11.9 Å². The van der Waals surface area contributed by atoms with E-state index in [9.17, 15) is 9.59 Å². The zero-order valence-electron chi connectivity index (χ0n) is 11.7. The van der Waals surface area contributed by atoms with Crippen LogP contribution in [0.3, 0.4) is 0 Å². The number of piperazine rings is 1. The third-order valence-electron chi connectivity index (χ3n) is 3.65. The summed E-state index contributed by atoms with van der Waals surface area (Å²) in [6.07, 6.45) is 1.81. The Hall–Kier alpha value is -2.15. The van der Waals surface area contributed by atoms with Gasteiger partial charge in [-0.15, -0.1) is 0 Å². The number of aromatic nitrogens is 1. The van der Waals surface area contributed by atoms with Gasteiger partial charge >= 0.3 is 0 Å². The minimum Gasteiger partial charge on any atom is -0.464 e. The van der Waals surface area contributed by atoms with E-state index < -0.39 is 6.10 Å². The maximum Gasteiger partial charge on any atom is 0.267 e. The van der Waals surface area contributed by atoms with Crippen molar-refractivity contribution in [2.24, 2.45) is 0 Å². The number of piperidine rings is 1. The van der Waals surface area contributed by atoms with Gasteiger partial charge in [-0.1, -0.05) is 0 Å². The van der Waals surface area contributed by atoms with Crippen molar-refractivity contribution in [3.05, 3.63) is 18.3 Å². The maximum absolute atomic E-state index is 11.6. The van der Waals surface area contributed by atoms with Gasteiger partial charge in [-0.05, 0) is 6.07 Å².